The number of carbonyl (C=O) groups is 1. The Labute approximate surface area is 144 Å². The number of para-hydroxylation sites is 1. The van der Waals surface area contributed by atoms with Gasteiger partial charge in [0.05, 0.1) is 0 Å². The van der Waals surface area contributed by atoms with Crippen molar-refractivity contribution >= 4 is 44.6 Å². The summed E-state index contributed by atoms with van der Waals surface area (Å²) < 4.78 is 5.97. The van der Waals surface area contributed by atoms with E-state index >= 15 is 0 Å². The van der Waals surface area contributed by atoms with Crippen LogP contribution in [-0.2, 0) is 0 Å². The van der Waals surface area contributed by atoms with Crippen molar-refractivity contribution in [2.45, 2.75) is 0 Å². The number of phenolic OH excluding ortho intramolecular Hbond substituents is 1. The Kier molecular flexibility index (Phi) is 4.42. The van der Waals surface area contributed by atoms with Gasteiger partial charge in [-0.25, -0.2) is 4.79 Å². The molecule has 0 fully saturated rings. The SMILES string of the molecule is Nc1cc(C(=O)Oc2ccccc2)c(O)cc1-c1cc(=S)ss1. The van der Waals surface area contributed by atoms with Crippen LogP contribution in [0.5, 0.6) is 11.5 Å². The molecule has 0 atom stereocenters. The van der Waals surface area contributed by atoms with Gasteiger partial charge in [0.2, 0.25) is 0 Å². The number of carbonyl (C=O) groups excluding carboxylic acids is 1. The molecule has 4 nitrogen and oxygen atoms in total. The minimum absolute atomic E-state index is 0.0222. The highest BCUT2D eigenvalue weighted by atomic mass is 32.9. The lowest BCUT2D eigenvalue weighted by molar-refractivity contribution is 0.0732. The Morgan fingerprint density at radius 2 is 1.87 bits per heavy atom. The summed E-state index contributed by atoms with van der Waals surface area (Å²) in [7, 11) is 2.93. The van der Waals surface area contributed by atoms with Crippen molar-refractivity contribution in [3.8, 4) is 21.9 Å². The van der Waals surface area contributed by atoms with Crippen LogP contribution in [0, 0.1) is 3.82 Å². The second-order valence-corrected chi connectivity index (χ2v) is 7.56. The predicted octanol–water partition coefficient (Wildman–Crippen LogP) is 4.71. The van der Waals surface area contributed by atoms with Gasteiger partial charge >= 0.3 is 5.97 Å². The number of benzene rings is 2. The maximum Gasteiger partial charge on any atom is 0.347 e. The Morgan fingerprint density at radius 1 is 1.13 bits per heavy atom. The fourth-order valence-corrected chi connectivity index (χ4v) is 4.41. The largest absolute Gasteiger partial charge is 0.507 e. The normalized spacial score (nSPS) is 10.4. The van der Waals surface area contributed by atoms with E-state index in [1.807, 2.05) is 12.1 Å². The average Bonchev–Trinajstić information content (AvgIpc) is 2.96. The number of hydrogen-bond acceptors (Lipinski definition) is 7. The van der Waals surface area contributed by atoms with Crippen molar-refractivity contribution in [1.29, 1.82) is 0 Å². The maximum absolute atomic E-state index is 12.2. The fourth-order valence-electron chi connectivity index (χ4n) is 2.00. The summed E-state index contributed by atoms with van der Waals surface area (Å²) in [5.74, 6) is -0.445. The van der Waals surface area contributed by atoms with Gasteiger partial charge in [0.25, 0.3) is 0 Å². The molecule has 0 saturated heterocycles. The molecule has 3 rings (SSSR count). The Morgan fingerprint density at radius 3 is 2.52 bits per heavy atom. The lowest BCUT2D eigenvalue weighted by Gasteiger charge is -2.09. The molecule has 0 aliphatic rings. The maximum atomic E-state index is 12.2. The van der Waals surface area contributed by atoms with Gasteiger partial charge in [0.15, 0.2) is 0 Å². The molecule has 1 aromatic heterocycles. The third-order valence-corrected chi connectivity index (χ3v) is 5.96. The number of esters is 1. The van der Waals surface area contributed by atoms with Crippen molar-refractivity contribution in [1.82, 2.24) is 0 Å². The van der Waals surface area contributed by atoms with Crippen LogP contribution in [0.3, 0.4) is 0 Å². The Hall–Kier alpha value is -2.22. The second kappa shape index (κ2) is 6.49. The first-order valence-corrected chi connectivity index (χ1v) is 9.10. The van der Waals surface area contributed by atoms with Gasteiger partial charge in [0.1, 0.15) is 20.9 Å². The summed E-state index contributed by atoms with van der Waals surface area (Å²) in [6.45, 7) is 0. The van der Waals surface area contributed by atoms with Crippen LogP contribution < -0.4 is 10.5 Å². The second-order valence-electron chi connectivity index (χ2n) is 4.65. The van der Waals surface area contributed by atoms with Crippen LogP contribution in [0.1, 0.15) is 10.4 Å². The van der Waals surface area contributed by atoms with E-state index < -0.39 is 5.97 Å². The summed E-state index contributed by atoms with van der Waals surface area (Å²) in [5.41, 5.74) is 7.07. The molecule has 3 aromatic rings. The number of ether oxygens (including phenoxy) is 1. The highest BCUT2D eigenvalue weighted by Gasteiger charge is 2.17. The molecule has 0 aliphatic carbocycles. The van der Waals surface area contributed by atoms with E-state index in [0.717, 1.165) is 8.70 Å². The fraction of sp³-hybridized carbons (Fsp3) is 0. The number of anilines is 1. The molecule has 0 bridgehead atoms. The molecule has 3 N–H and O–H groups in total. The average molecular weight is 361 g/mol. The van der Waals surface area contributed by atoms with Crippen molar-refractivity contribution < 1.29 is 14.6 Å². The number of rotatable bonds is 3. The number of hydrogen-bond donors (Lipinski definition) is 2. The molecule has 0 unspecified atom stereocenters. The standard InChI is InChI=1S/C16H11NO3S3/c17-12-6-11(16(19)20-9-4-2-1-3-5-9)13(18)7-10(12)14-8-15(21)23-22-14/h1-8,18H,17H2. The summed E-state index contributed by atoms with van der Waals surface area (Å²) in [4.78, 5) is 13.0. The Balaban J connectivity index is 1.93. The van der Waals surface area contributed by atoms with Crippen LogP contribution >= 0.6 is 32.9 Å². The molecule has 2 aromatic carbocycles. The molecule has 0 radical (unpaired) electrons. The third-order valence-electron chi connectivity index (χ3n) is 3.07. The molecule has 0 saturated carbocycles. The van der Waals surface area contributed by atoms with Gasteiger partial charge in [-0.05, 0) is 30.3 Å². The van der Waals surface area contributed by atoms with Crippen molar-refractivity contribution in [2.24, 2.45) is 0 Å². The van der Waals surface area contributed by atoms with Gasteiger partial charge in [0, 0.05) is 16.1 Å². The number of aromatic hydroxyl groups is 1. The lowest BCUT2D eigenvalue weighted by Crippen LogP contribution is -2.09. The molecule has 0 aliphatic heterocycles. The van der Waals surface area contributed by atoms with E-state index in [2.05, 4.69) is 0 Å². The molecule has 7 heteroatoms. The number of nitrogens with two attached hydrogens (primary N) is 1. The van der Waals surface area contributed by atoms with E-state index in [0.29, 0.717) is 17.0 Å². The first-order valence-electron chi connectivity index (χ1n) is 6.55. The van der Waals surface area contributed by atoms with Gasteiger partial charge in [-0.2, -0.15) is 0 Å². The van der Waals surface area contributed by atoms with Crippen LogP contribution in [0.25, 0.3) is 10.4 Å². The van der Waals surface area contributed by atoms with Crippen LogP contribution in [0.4, 0.5) is 5.69 Å². The molecule has 1 heterocycles. The van der Waals surface area contributed by atoms with E-state index in [9.17, 15) is 9.90 Å². The van der Waals surface area contributed by atoms with Gasteiger partial charge in [-0.3, -0.25) is 0 Å². The highest BCUT2D eigenvalue weighted by molar-refractivity contribution is 7.80. The molecule has 23 heavy (non-hydrogen) atoms. The zero-order valence-corrected chi connectivity index (χ0v) is 14.1. The van der Waals surface area contributed by atoms with E-state index in [-0.39, 0.29) is 11.3 Å². The predicted molar refractivity (Wildman–Crippen MR) is 95.9 cm³/mol. The minimum Gasteiger partial charge on any atom is -0.507 e. The van der Waals surface area contributed by atoms with Gasteiger partial charge in [-0.15, -0.1) is 0 Å². The molecular formula is C16H11NO3S3. The molecule has 0 spiro atoms. The van der Waals surface area contributed by atoms with Gasteiger partial charge in [-0.1, -0.05) is 51.1 Å². The number of phenols is 1. The summed E-state index contributed by atoms with van der Waals surface area (Å²) in [5, 5.41) is 10.2. The molecular weight excluding hydrogens is 350 g/mol. The zero-order valence-electron chi connectivity index (χ0n) is 11.7. The minimum atomic E-state index is -0.662. The summed E-state index contributed by atoms with van der Waals surface area (Å²) in [6.07, 6.45) is 0. The van der Waals surface area contributed by atoms with Crippen molar-refractivity contribution in [3.63, 3.8) is 0 Å². The first kappa shape index (κ1) is 15.7. The van der Waals surface area contributed by atoms with E-state index in [1.165, 1.54) is 32.8 Å². The van der Waals surface area contributed by atoms with Crippen LogP contribution in [-0.4, -0.2) is 11.1 Å². The topological polar surface area (TPSA) is 72.6 Å². The first-order chi connectivity index (χ1) is 11.0. The summed E-state index contributed by atoms with van der Waals surface area (Å²) >= 11 is 5.10. The monoisotopic (exact) mass is 361 g/mol. The van der Waals surface area contributed by atoms with Gasteiger partial charge < -0.3 is 15.6 Å². The third kappa shape index (κ3) is 3.42. The molecule has 116 valence electrons. The van der Waals surface area contributed by atoms with E-state index in [4.69, 9.17) is 22.7 Å². The van der Waals surface area contributed by atoms with Crippen LogP contribution in [0.15, 0.2) is 48.5 Å². The lowest BCUT2D eigenvalue weighted by atomic mass is 10.1. The summed E-state index contributed by atoms with van der Waals surface area (Å²) in [6, 6.07) is 13.3. The van der Waals surface area contributed by atoms with Crippen LogP contribution in [0.2, 0.25) is 0 Å². The quantitative estimate of drug-likeness (QED) is 0.176. The number of nitrogen functional groups attached to an aromatic ring is 1. The van der Waals surface area contributed by atoms with Crippen molar-refractivity contribution in [3.05, 3.63) is 57.9 Å². The van der Waals surface area contributed by atoms with Crippen molar-refractivity contribution in [2.75, 3.05) is 5.73 Å². The smallest absolute Gasteiger partial charge is 0.347 e. The van der Waals surface area contributed by atoms with E-state index in [1.54, 1.807) is 24.3 Å². The molecule has 0 amide bonds. The Bertz CT molecular complexity index is 916. The highest BCUT2D eigenvalue weighted by Crippen LogP contribution is 2.37. The zero-order chi connectivity index (χ0) is 16.4.